The van der Waals surface area contributed by atoms with E-state index in [1.807, 2.05) is 24.3 Å². The van der Waals surface area contributed by atoms with Crippen LogP contribution in [0.1, 0.15) is 36.6 Å². The Balaban J connectivity index is 1.40. The van der Waals surface area contributed by atoms with Gasteiger partial charge in [0.25, 0.3) is 0 Å². The first-order valence-corrected chi connectivity index (χ1v) is 8.86. The molecule has 2 amide bonds. The number of furan rings is 1. The third-order valence-corrected chi connectivity index (χ3v) is 5.06. The summed E-state index contributed by atoms with van der Waals surface area (Å²) in [6, 6.07) is 13.8. The second-order valence-corrected chi connectivity index (χ2v) is 6.99. The van der Waals surface area contributed by atoms with Crippen LogP contribution in [0, 0.1) is 11.8 Å². The van der Waals surface area contributed by atoms with Crippen LogP contribution in [0.2, 0.25) is 0 Å². The van der Waals surface area contributed by atoms with Crippen molar-refractivity contribution in [1.82, 2.24) is 10.2 Å². The van der Waals surface area contributed by atoms with E-state index in [2.05, 4.69) is 17.4 Å². The molecule has 1 aromatic carbocycles. The third kappa shape index (κ3) is 3.60. The molecule has 2 atom stereocenters. The van der Waals surface area contributed by atoms with Gasteiger partial charge in [0.2, 0.25) is 11.8 Å². The van der Waals surface area contributed by atoms with E-state index in [0.29, 0.717) is 19.0 Å². The number of rotatable bonds is 6. The van der Waals surface area contributed by atoms with Gasteiger partial charge in [0.15, 0.2) is 0 Å². The van der Waals surface area contributed by atoms with Crippen LogP contribution in [0.15, 0.2) is 53.1 Å². The standard InChI is InChI=1S/C20H22N2O3/c23-18-11-16(12-22(18)13-17-7-4-10-25-17)20(24)21-19(15-8-9-15)14-5-2-1-3-6-14/h1-7,10,15-16,19H,8-9,11-13H2,(H,21,24). The highest BCUT2D eigenvalue weighted by Crippen LogP contribution is 2.41. The minimum atomic E-state index is -0.285. The average Bonchev–Trinajstić information content (AvgIpc) is 3.22. The molecule has 130 valence electrons. The lowest BCUT2D eigenvalue weighted by Crippen LogP contribution is -2.36. The van der Waals surface area contributed by atoms with E-state index >= 15 is 0 Å². The lowest BCUT2D eigenvalue weighted by Gasteiger charge is -2.21. The number of nitrogens with zero attached hydrogens (tertiary/aromatic N) is 1. The maximum atomic E-state index is 12.7. The molecule has 1 aliphatic heterocycles. The molecule has 2 fully saturated rings. The van der Waals surface area contributed by atoms with E-state index in [4.69, 9.17) is 4.42 Å². The third-order valence-electron chi connectivity index (χ3n) is 5.06. The molecule has 1 aromatic heterocycles. The molecule has 0 bridgehead atoms. The Bertz CT molecular complexity index is 738. The van der Waals surface area contributed by atoms with Crippen molar-refractivity contribution in [2.24, 2.45) is 11.8 Å². The van der Waals surface area contributed by atoms with Crippen molar-refractivity contribution in [1.29, 1.82) is 0 Å². The molecule has 1 aliphatic carbocycles. The summed E-state index contributed by atoms with van der Waals surface area (Å²) in [6.07, 6.45) is 4.17. The first-order chi connectivity index (χ1) is 12.2. The Hall–Kier alpha value is -2.56. The Morgan fingerprint density at radius 2 is 2.00 bits per heavy atom. The molecule has 5 nitrogen and oxygen atoms in total. The van der Waals surface area contributed by atoms with E-state index in [1.54, 1.807) is 17.2 Å². The summed E-state index contributed by atoms with van der Waals surface area (Å²) in [7, 11) is 0. The Kier molecular flexibility index (Phi) is 4.30. The average molecular weight is 338 g/mol. The van der Waals surface area contributed by atoms with Gasteiger partial charge in [-0.1, -0.05) is 30.3 Å². The zero-order valence-corrected chi connectivity index (χ0v) is 14.1. The molecular formula is C20H22N2O3. The minimum absolute atomic E-state index is 0.0132. The summed E-state index contributed by atoms with van der Waals surface area (Å²) < 4.78 is 5.31. The quantitative estimate of drug-likeness (QED) is 0.881. The number of hydrogen-bond acceptors (Lipinski definition) is 3. The lowest BCUT2D eigenvalue weighted by molar-refractivity contribution is -0.129. The highest BCUT2D eigenvalue weighted by molar-refractivity contribution is 5.89. The van der Waals surface area contributed by atoms with Gasteiger partial charge in [-0.15, -0.1) is 0 Å². The predicted octanol–water partition coefficient (Wildman–Crippen LogP) is 2.90. The van der Waals surface area contributed by atoms with Gasteiger partial charge in [-0.25, -0.2) is 0 Å². The van der Waals surface area contributed by atoms with Crippen LogP contribution >= 0.6 is 0 Å². The monoisotopic (exact) mass is 338 g/mol. The SMILES string of the molecule is O=C(NC(c1ccccc1)C1CC1)C1CC(=O)N(Cc2ccco2)C1. The van der Waals surface area contributed by atoms with E-state index < -0.39 is 0 Å². The molecule has 2 heterocycles. The maximum absolute atomic E-state index is 12.7. The molecule has 5 heteroatoms. The largest absolute Gasteiger partial charge is 0.467 e. The van der Waals surface area contributed by atoms with Crippen molar-refractivity contribution < 1.29 is 14.0 Å². The number of amides is 2. The number of benzene rings is 1. The fourth-order valence-corrected chi connectivity index (χ4v) is 3.53. The first kappa shape index (κ1) is 15.9. The van der Waals surface area contributed by atoms with Crippen molar-refractivity contribution in [3.63, 3.8) is 0 Å². The number of carbonyl (C=O) groups is 2. The fraction of sp³-hybridized carbons (Fsp3) is 0.400. The zero-order valence-electron chi connectivity index (χ0n) is 14.1. The predicted molar refractivity (Wildman–Crippen MR) is 92.3 cm³/mol. The Labute approximate surface area is 147 Å². The van der Waals surface area contributed by atoms with Gasteiger partial charge in [0.1, 0.15) is 5.76 Å². The molecule has 0 radical (unpaired) electrons. The highest BCUT2D eigenvalue weighted by atomic mass is 16.3. The van der Waals surface area contributed by atoms with Crippen LogP contribution < -0.4 is 5.32 Å². The van der Waals surface area contributed by atoms with E-state index in [-0.39, 0.29) is 30.2 Å². The van der Waals surface area contributed by atoms with E-state index in [9.17, 15) is 9.59 Å². The number of carbonyl (C=O) groups excluding carboxylic acids is 2. The molecule has 2 aliphatic rings. The first-order valence-electron chi connectivity index (χ1n) is 8.86. The second-order valence-electron chi connectivity index (χ2n) is 6.99. The number of hydrogen-bond donors (Lipinski definition) is 1. The van der Waals surface area contributed by atoms with Crippen LogP contribution in [0.5, 0.6) is 0 Å². The van der Waals surface area contributed by atoms with Crippen molar-refractivity contribution in [2.45, 2.75) is 31.8 Å². The maximum Gasteiger partial charge on any atom is 0.225 e. The van der Waals surface area contributed by atoms with Crippen molar-refractivity contribution >= 4 is 11.8 Å². The van der Waals surface area contributed by atoms with Crippen LogP contribution in [-0.4, -0.2) is 23.3 Å². The van der Waals surface area contributed by atoms with E-state index in [1.165, 1.54) is 0 Å². The summed E-state index contributed by atoms with van der Waals surface area (Å²) in [5, 5.41) is 3.20. The smallest absolute Gasteiger partial charge is 0.225 e. The van der Waals surface area contributed by atoms with Crippen LogP contribution in [0.4, 0.5) is 0 Å². The molecule has 2 unspecified atom stereocenters. The summed E-state index contributed by atoms with van der Waals surface area (Å²) in [5.74, 6) is 0.972. The van der Waals surface area contributed by atoms with Crippen LogP contribution in [0.25, 0.3) is 0 Å². The normalized spacial score (nSPS) is 21.4. The summed E-state index contributed by atoms with van der Waals surface area (Å²) in [6.45, 7) is 0.887. The molecule has 25 heavy (non-hydrogen) atoms. The van der Waals surface area contributed by atoms with Gasteiger partial charge in [-0.05, 0) is 36.5 Å². The summed E-state index contributed by atoms with van der Waals surface area (Å²) in [4.78, 5) is 26.7. The lowest BCUT2D eigenvalue weighted by atomic mass is 10.0. The Morgan fingerprint density at radius 3 is 2.68 bits per heavy atom. The van der Waals surface area contributed by atoms with Gasteiger partial charge < -0.3 is 14.6 Å². The van der Waals surface area contributed by atoms with Crippen LogP contribution in [-0.2, 0) is 16.1 Å². The molecular weight excluding hydrogens is 316 g/mol. The molecule has 1 saturated carbocycles. The molecule has 1 N–H and O–H groups in total. The van der Waals surface area contributed by atoms with Gasteiger partial charge in [-0.3, -0.25) is 9.59 Å². The van der Waals surface area contributed by atoms with Gasteiger partial charge in [0.05, 0.1) is 24.8 Å². The molecule has 2 aromatic rings. The topological polar surface area (TPSA) is 62.6 Å². The van der Waals surface area contributed by atoms with Gasteiger partial charge in [-0.2, -0.15) is 0 Å². The summed E-state index contributed by atoms with van der Waals surface area (Å²) >= 11 is 0. The van der Waals surface area contributed by atoms with Crippen molar-refractivity contribution in [2.75, 3.05) is 6.54 Å². The Morgan fingerprint density at radius 1 is 1.20 bits per heavy atom. The van der Waals surface area contributed by atoms with E-state index in [0.717, 1.165) is 24.2 Å². The fourth-order valence-electron chi connectivity index (χ4n) is 3.53. The second kappa shape index (κ2) is 6.75. The van der Waals surface area contributed by atoms with Gasteiger partial charge >= 0.3 is 0 Å². The molecule has 4 rings (SSSR count). The highest BCUT2D eigenvalue weighted by Gasteiger charge is 2.38. The zero-order chi connectivity index (χ0) is 17.2. The molecule has 0 spiro atoms. The van der Waals surface area contributed by atoms with Gasteiger partial charge in [0, 0.05) is 13.0 Å². The number of nitrogens with one attached hydrogen (secondary N) is 1. The van der Waals surface area contributed by atoms with Crippen molar-refractivity contribution in [3.8, 4) is 0 Å². The molecule has 1 saturated heterocycles. The van der Waals surface area contributed by atoms with Crippen molar-refractivity contribution in [3.05, 3.63) is 60.1 Å². The summed E-state index contributed by atoms with van der Waals surface area (Å²) in [5.41, 5.74) is 1.15. The van der Waals surface area contributed by atoms with Crippen LogP contribution in [0.3, 0.4) is 0 Å². The minimum Gasteiger partial charge on any atom is -0.467 e. The number of likely N-dealkylation sites (tertiary alicyclic amines) is 1.